The van der Waals surface area contributed by atoms with Gasteiger partial charge in [0.2, 0.25) is 0 Å². The minimum atomic E-state index is -0.983. The molecule has 15 heavy (non-hydrogen) atoms. The van der Waals surface area contributed by atoms with Gasteiger partial charge in [-0.15, -0.1) is 0 Å². The fourth-order valence-electron chi connectivity index (χ4n) is 1.80. The first-order valence-electron chi connectivity index (χ1n) is 4.90. The van der Waals surface area contributed by atoms with Crippen LogP contribution in [0.3, 0.4) is 0 Å². The Kier molecular flexibility index (Phi) is 2.98. The highest BCUT2D eigenvalue weighted by Crippen LogP contribution is 2.30. The van der Waals surface area contributed by atoms with E-state index in [4.69, 9.17) is 4.74 Å². The van der Waals surface area contributed by atoms with Crippen molar-refractivity contribution in [1.29, 1.82) is 0 Å². The Labute approximate surface area is 86.5 Å². The van der Waals surface area contributed by atoms with Crippen molar-refractivity contribution in [2.75, 3.05) is 13.2 Å². The van der Waals surface area contributed by atoms with Gasteiger partial charge in [0.15, 0.2) is 11.6 Å². The Morgan fingerprint density at radius 2 is 2.20 bits per heavy atom. The van der Waals surface area contributed by atoms with Gasteiger partial charge >= 0.3 is 0 Å². The lowest BCUT2D eigenvalue weighted by molar-refractivity contribution is 0.0883. The second kappa shape index (κ2) is 4.24. The Bertz CT molecular complexity index is 348. The fourth-order valence-corrected chi connectivity index (χ4v) is 1.80. The summed E-state index contributed by atoms with van der Waals surface area (Å²) < 4.78 is 31.3. The average molecular weight is 214 g/mol. The lowest BCUT2D eigenvalue weighted by atomic mass is 9.95. The van der Waals surface area contributed by atoms with Gasteiger partial charge in [-0.1, -0.05) is 12.1 Å². The molecule has 0 saturated carbocycles. The molecule has 0 aromatic heterocycles. The molecule has 4 heteroatoms. The Morgan fingerprint density at radius 1 is 1.40 bits per heavy atom. The van der Waals surface area contributed by atoms with Gasteiger partial charge in [0.25, 0.3) is 0 Å². The molecular weight excluding hydrogens is 202 g/mol. The Balaban J connectivity index is 2.24. The van der Waals surface area contributed by atoms with E-state index in [1.807, 2.05) is 0 Å². The highest BCUT2D eigenvalue weighted by molar-refractivity contribution is 5.22. The van der Waals surface area contributed by atoms with Crippen molar-refractivity contribution in [3.8, 4) is 0 Å². The summed E-state index contributed by atoms with van der Waals surface area (Å²) in [4.78, 5) is 0. The van der Waals surface area contributed by atoms with Gasteiger partial charge in [0.1, 0.15) is 0 Å². The van der Waals surface area contributed by atoms with Crippen molar-refractivity contribution in [2.24, 2.45) is 5.92 Å². The number of aliphatic hydroxyl groups excluding tert-OH is 1. The maximum Gasteiger partial charge on any atom is 0.164 e. The molecule has 2 atom stereocenters. The molecule has 2 nitrogen and oxygen atoms in total. The van der Waals surface area contributed by atoms with Crippen LogP contribution in [0.2, 0.25) is 0 Å². The fraction of sp³-hybridized carbons (Fsp3) is 0.455. The van der Waals surface area contributed by atoms with Crippen molar-refractivity contribution in [1.82, 2.24) is 0 Å². The molecule has 2 rings (SSSR count). The van der Waals surface area contributed by atoms with Crippen molar-refractivity contribution in [3.63, 3.8) is 0 Å². The van der Waals surface area contributed by atoms with E-state index in [9.17, 15) is 13.9 Å². The first kappa shape index (κ1) is 10.5. The summed E-state index contributed by atoms with van der Waals surface area (Å²) in [5, 5.41) is 9.84. The molecule has 0 spiro atoms. The topological polar surface area (TPSA) is 29.5 Å². The average Bonchev–Trinajstić information content (AvgIpc) is 2.74. The normalized spacial score (nSPS) is 23.0. The molecule has 1 fully saturated rings. The zero-order valence-electron chi connectivity index (χ0n) is 8.12. The van der Waals surface area contributed by atoms with Crippen LogP contribution in [0.4, 0.5) is 8.78 Å². The van der Waals surface area contributed by atoms with Crippen LogP contribution in [-0.2, 0) is 4.74 Å². The van der Waals surface area contributed by atoms with Crippen molar-refractivity contribution in [2.45, 2.75) is 12.5 Å². The van der Waals surface area contributed by atoms with Gasteiger partial charge in [0.05, 0.1) is 12.7 Å². The predicted octanol–water partition coefficient (Wildman–Crippen LogP) is 2.03. The summed E-state index contributed by atoms with van der Waals surface area (Å²) in [6.07, 6.45) is -0.305. The zero-order valence-corrected chi connectivity index (χ0v) is 8.12. The smallest absolute Gasteiger partial charge is 0.164 e. The minimum absolute atomic E-state index is 0.0190. The second-order valence-corrected chi connectivity index (χ2v) is 3.71. The van der Waals surface area contributed by atoms with E-state index >= 15 is 0 Å². The highest BCUT2D eigenvalue weighted by Gasteiger charge is 2.27. The highest BCUT2D eigenvalue weighted by atomic mass is 19.2. The first-order chi connectivity index (χ1) is 7.20. The third-order valence-corrected chi connectivity index (χ3v) is 2.71. The lowest BCUT2D eigenvalue weighted by Gasteiger charge is -2.17. The summed E-state index contributed by atoms with van der Waals surface area (Å²) >= 11 is 0. The van der Waals surface area contributed by atoms with Gasteiger partial charge in [-0.05, 0) is 12.5 Å². The van der Waals surface area contributed by atoms with Gasteiger partial charge in [-0.3, -0.25) is 0 Å². The molecule has 1 aliphatic rings. The van der Waals surface area contributed by atoms with Gasteiger partial charge in [-0.25, -0.2) is 8.78 Å². The van der Waals surface area contributed by atoms with Crippen molar-refractivity contribution in [3.05, 3.63) is 35.4 Å². The van der Waals surface area contributed by atoms with E-state index in [-0.39, 0.29) is 11.5 Å². The maximum absolute atomic E-state index is 13.3. The second-order valence-electron chi connectivity index (χ2n) is 3.71. The molecule has 1 aromatic rings. The first-order valence-corrected chi connectivity index (χ1v) is 4.90. The lowest BCUT2D eigenvalue weighted by Crippen LogP contribution is -2.14. The molecule has 1 heterocycles. The monoisotopic (exact) mass is 214 g/mol. The predicted molar refractivity (Wildman–Crippen MR) is 50.2 cm³/mol. The molecule has 0 amide bonds. The van der Waals surface area contributed by atoms with E-state index in [1.54, 1.807) is 0 Å². The summed E-state index contributed by atoms with van der Waals surface area (Å²) in [6.45, 7) is 0.968. The summed E-state index contributed by atoms with van der Waals surface area (Å²) in [7, 11) is 0. The van der Waals surface area contributed by atoms with Crippen LogP contribution < -0.4 is 0 Å². The third kappa shape index (κ3) is 2.01. The number of aliphatic hydroxyl groups is 1. The number of hydrogen-bond donors (Lipinski definition) is 1. The number of benzene rings is 1. The molecule has 82 valence electrons. The number of ether oxygens (including phenoxy) is 1. The van der Waals surface area contributed by atoms with Gasteiger partial charge in [0, 0.05) is 18.1 Å². The molecular formula is C11H12F2O2. The van der Waals surface area contributed by atoms with E-state index in [0.29, 0.717) is 19.6 Å². The van der Waals surface area contributed by atoms with Crippen LogP contribution in [0.1, 0.15) is 18.1 Å². The molecule has 1 aromatic carbocycles. The van der Waals surface area contributed by atoms with Crippen LogP contribution in [0.15, 0.2) is 18.2 Å². The maximum atomic E-state index is 13.3. The number of rotatable bonds is 2. The van der Waals surface area contributed by atoms with Gasteiger partial charge in [-0.2, -0.15) is 0 Å². The van der Waals surface area contributed by atoms with Crippen LogP contribution in [0.25, 0.3) is 0 Å². The molecule has 0 bridgehead atoms. The molecule has 0 radical (unpaired) electrons. The molecule has 1 aliphatic heterocycles. The Hall–Kier alpha value is -1.00. The van der Waals surface area contributed by atoms with Crippen LogP contribution in [0, 0.1) is 17.6 Å². The minimum Gasteiger partial charge on any atom is -0.388 e. The molecule has 1 N–H and O–H groups in total. The summed E-state index contributed by atoms with van der Waals surface area (Å²) in [5.41, 5.74) is 0.0190. The van der Waals surface area contributed by atoms with E-state index in [0.717, 1.165) is 6.07 Å². The van der Waals surface area contributed by atoms with E-state index in [2.05, 4.69) is 0 Å². The van der Waals surface area contributed by atoms with E-state index in [1.165, 1.54) is 12.1 Å². The largest absolute Gasteiger partial charge is 0.388 e. The standard InChI is InChI=1S/C11H12F2O2/c12-9-3-1-2-8(10(9)13)11(14)7-4-5-15-6-7/h1-3,7,11,14H,4-6H2. The SMILES string of the molecule is OC(c1cccc(F)c1F)C1CCOC1. The summed E-state index contributed by atoms with van der Waals surface area (Å²) in [5.74, 6) is -2.02. The number of halogens is 2. The zero-order chi connectivity index (χ0) is 10.8. The van der Waals surface area contributed by atoms with Crippen LogP contribution in [-0.4, -0.2) is 18.3 Å². The molecule has 0 aliphatic carbocycles. The summed E-state index contributed by atoms with van der Waals surface area (Å²) in [6, 6.07) is 3.84. The third-order valence-electron chi connectivity index (χ3n) is 2.71. The van der Waals surface area contributed by atoms with Gasteiger partial charge < -0.3 is 9.84 Å². The van der Waals surface area contributed by atoms with Crippen LogP contribution >= 0.6 is 0 Å². The van der Waals surface area contributed by atoms with Crippen LogP contribution in [0.5, 0.6) is 0 Å². The number of hydrogen-bond acceptors (Lipinski definition) is 2. The molecule has 2 unspecified atom stereocenters. The van der Waals surface area contributed by atoms with E-state index < -0.39 is 17.7 Å². The van der Waals surface area contributed by atoms with Crippen molar-refractivity contribution >= 4 is 0 Å². The molecule has 1 saturated heterocycles. The quantitative estimate of drug-likeness (QED) is 0.816. The Morgan fingerprint density at radius 3 is 2.87 bits per heavy atom. The van der Waals surface area contributed by atoms with Crippen molar-refractivity contribution < 1.29 is 18.6 Å².